The van der Waals surface area contributed by atoms with Gasteiger partial charge in [0, 0.05) is 0 Å². The minimum Gasteiger partial charge on any atom is -0.388 e. The van der Waals surface area contributed by atoms with Crippen LogP contribution in [0.4, 0.5) is 0 Å². The van der Waals surface area contributed by atoms with Gasteiger partial charge in [-0.25, -0.2) is 0 Å². The van der Waals surface area contributed by atoms with Crippen molar-refractivity contribution >= 4 is 0 Å². The van der Waals surface area contributed by atoms with Gasteiger partial charge in [-0.1, -0.05) is 19.4 Å². The van der Waals surface area contributed by atoms with Gasteiger partial charge in [0.1, 0.15) is 0 Å². The Kier molecular flexibility index (Phi) is 2.50. The van der Waals surface area contributed by atoms with E-state index < -0.39 is 0 Å². The Balaban J connectivity index is 2.59. The summed E-state index contributed by atoms with van der Waals surface area (Å²) in [5, 5.41) is 9.57. The van der Waals surface area contributed by atoms with E-state index in [1.165, 1.54) is 0 Å². The van der Waals surface area contributed by atoms with Gasteiger partial charge < -0.3 is 5.11 Å². The molecule has 0 saturated heterocycles. The Morgan fingerprint density at radius 3 is 2.90 bits per heavy atom. The summed E-state index contributed by atoms with van der Waals surface area (Å²) in [5.41, 5.74) is 1.16. The molecule has 0 aromatic heterocycles. The molecule has 0 aromatic carbocycles. The number of aliphatic hydroxyl groups excluding tert-OH is 1. The molecule has 58 valence electrons. The first-order valence-electron chi connectivity index (χ1n) is 4.10. The fourth-order valence-electron chi connectivity index (χ4n) is 1.60. The zero-order chi connectivity index (χ0) is 7.56. The minimum absolute atomic E-state index is 0.154. The molecule has 0 fully saturated rings. The van der Waals surface area contributed by atoms with Crippen LogP contribution in [0.3, 0.4) is 0 Å². The maximum Gasteiger partial charge on any atom is 0.0775 e. The molecule has 0 aromatic rings. The topological polar surface area (TPSA) is 20.2 Å². The Labute approximate surface area is 62.8 Å². The second-order valence-electron chi connectivity index (χ2n) is 3.14. The molecule has 1 aliphatic carbocycles. The fourth-order valence-corrected chi connectivity index (χ4v) is 1.60. The number of rotatable bonds is 1. The summed E-state index contributed by atoms with van der Waals surface area (Å²) in [6.07, 6.45) is 5.42. The van der Waals surface area contributed by atoms with Crippen molar-refractivity contribution in [2.45, 2.75) is 39.2 Å². The molecule has 2 unspecified atom stereocenters. The summed E-state index contributed by atoms with van der Waals surface area (Å²) >= 11 is 0. The highest BCUT2D eigenvalue weighted by atomic mass is 16.3. The zero-order valence-corrected chi connectivity index (χ0v) is 6.80. The molecule has 1 rings (SSSR count). The van der Waals surface area contributed by atoms with Crippen molar-refractivity contribution in [3.63, 3.8) is 0 Å². The normalized spacial score (nSPS) is 33.7. The van der Waals surface area contributed by atoms with Gasteiger partial charge in [-0.05, 0) is 31.3 Å². The predicted molar refractivity (Wildman–Crippen MR) is 42.8 cm³/mol. The third-order valence-corrected chi connectivity index (χ3v) is 2.44. The molecule has 1 nitrogen and oxygen atoms in total. The van der Waals surface area contributed by atoms with Gasteiger partial charge in [0.05, 0.1) is 6.10 Å². The summed E-state index contributed by atoms with van der Waals surface area (Å²) in [4.78, 5) is 0. The van der Waals surface area contributed by atoms with Crippen molar-refractivity contribution in [3.05, 3.63) is 11.6 Å². The lowest BCUT2D eigenvalue weighted by molar-refractivity contribution is 0.126. The molecule has 10 heavy (non-hydrogen) atoms. The first kappa shape index (κ1) is 7.80. The van der Waals surface area contributed by atoms with E-state index in [0.29, 0.717) is 5.92 Å². The second-order valence-corrected chi connectivity index (χ2v) is 3.14. The molecular formula is C9H16O. The van der Waals surface area contributed by atoms with E-state index in [0.717, 1.165) is 24.8 Å². The summed E-state index contributed by atoms with van der Waals surface area (Å²) in [5.74, 6) is 0.519. The molecule has 1 N–H and O–H groups in total. The van der Waals surface area contributed by atoms with E-state index in [9.17, 15) is 5.11 Å². The van der Waals surface area contributed by atoms with Crippen LogP contribution >= 0.6 is 0 Å². The van der Waals surface area contributed by atoms with E-state index in [2.05, 4.69) is 13.0 Å². The van der Waals surface area contributed by atoms with E-state index >= 15 is 0 Å². The van der Waals surface area contributed by atoms with Crippen LogP contribution in [0, 0.1) is 5.92 Å². The maximum absolute atomic E-state index is 9.57. The van der Waals surface area contributed by atoms with Gasteiger partial charge in [-0.3, -0.25) is 0 Å². The van der Waals surface area contributed by atoms with Gasteiger partial charge in [0.15, 0.2) is 0 Å². The molecule has 0 saturated carbocycles. The van der Waals surface area contributed by atoms with Crippen LogP contribution in [0.2, 0.25) is 0 Å². The average Bonchev–Trinajstić information content (AvgIpc) is 1.95. The lowest BCUT2D eigenvalue weighted by Gasteiger charge is -2.25. The van der Waals surface area contributed by atoms with Gasteiger partial charge in [0.2, 0.25) is 0 Å². The molecule has 0 amide bonds. The van der Waals surface area contributed by atoms with Gasteiger partial charge in [-0.15, -0.1) is 0 Å². The maximum atomic E-state index is 9.57. The highest BCUT2D eigenvalue weighted by molar-refractivity contribution is 5.09. The van der Waals surface area contributed by atoms with Crippen molar-refractivity contribution in [1.29, 1.82) is 0 Å². The quantitative estimate of drug-likeness (QED) is 0.553. The fraction of sp³-hybridized carbons (Fsp3) is 0.778. The van der Waals surface area contributed by atoms with Crippen molar-refractivity contribution in [3.8, 4) is 0 Å². The Bertz CT molecular complexity index is 138. The molecule has 0 radical (unpaired) electrons. The highest BCUT2D eigenvalue weighted by Gasteiger charge is 2.21. The molecule has 1 heteroatoms. The zero-order valence-electron chi connectivity index (χ0n) is 6.80. The van der Waals surface area contributed by atoms with Gasteiger partial charge in [0.25, 0.3) is 0 Å². The Morgan fingerprint density at radius 2 is 2.40 bits per heavy atom. The third-order valence-electron chi connectivity index (χ3n) is 2.44. The molecule has 2 atom stereocenters. The standard InChI is InChI=1S/C9H16O/c1-3-8-6-4-5-7(2)9(8)10/h5,8-10H,3-4,6H2,1-2H3. The second kappa shape index (κ2) is 3.20. The Morgan fingerprint density at radius 1 is 1.70 bits per heavy atom. The van der Waals surface area contributed by atoms with Crippen LogP contribution in [0.15, 0.2) is 11.6 Å². The molecule has 1 aliphatic rings. The van der Waals surface area contributed by atoms with Crippen molar-refractivity contribution in [2.75, 3.05) is 0 Å². The number of aliphatic hydroxyl groups is 1. The molecule has 0 heterocycles. The minimum atomic E-state index is -0.154. The monoisotopic (exact) mass is 140 g/mol. The van der Waals surface area contributed by atoms with E-state index in [-0.39, 0.29) is 6.10 Å². The highest BCUT2D eigenvalue weighted by Crippen LogP contribution is 2.26. The molecular weight excluding hydrogens is 124 g/mol. The van der Waals surface area contributed by atoms with Crippen LogP contribution in [0.1, 0.15) is 33.1 Å². The first-order chi connectivity index (χ1) is 4.75. The SMILES string of the molecule is CCC1CCC=C(C)C1O. The smallest absolute Gasteiger partial charge is 0.0775 e. The van der Waals surface area contributed by atoms with Crippen LogP contribution in [-0.4, -0.2) is 11.2 Å². The van der Waals surface area contributed by atoms with E-state index in [1.807, 2.05) is 6.92 Å². The van der Waals surface area contributed by atoms with Crippen molar-refractivity contribution in [1.82, 2.24) is 0 Å². The molecule has 0 aliphatic heterocycles. The Hall–Kier alpha value is -0.300. The number of hydrogen-bond donors (Lipinski definition) is 1. The largest absolute Gasteiger partial charge is 0.388 e. The van der Waals surface area contributed by atoms with Gasteiger partial charge >= 0.3 is 0 Å². The summed E-state index contributed by atoms with van der Waals surface area (Å²) in [6, 6.07) is 0. The van der Waals surface area contributed by atoms with Crippen molar-refractivity contribution in [2.24, 2.45) is 5.92 Å². The van der Waals surface area contributed by atoms with Crippen LogP contribution in [0.5, 0.6) is 0 Å². The van der Waals surface area contributed by atoms with E-state index in [4.69, 9.17) is 0 Å². The summed E-state index contributed by atoms with van der Waals surface area (Å²) in [6.45, 7) is 4.17. The number of hydrogen-bond acceptors (Lipinski definition) is 1. The average molecular weight is 140 g/mol. The first-order valence-corrected chi connectivity index (χ1v) is 4.10. The lowest BCUT2D eigenvalue weighted by Crippen LogP contribution is -2.23. The molecule has 0 bridgehead atoms. The van der Waals surface area contributed by atoms with Crippen molar-refractivity contribution < 1.29 is 5.11 Å². The van der Waals surface area contributed by atoms with Crippen LogP contribution in [0.25, 0.3) is 0 Å². The number of allylic oxidation sites excluding steroid dienone is 1. The summed E-state index contributed by atoms with van der Waals surface area (Å²) in [7, 11) is 0. The van der Waals surface area contributed by atoms with Crippen LogP contribution in [-0.2, 0) is 0 Å². The predicted octanol–water partition coefficient (Wildman–Crippen LogP) is 2.11. The van der Waals surface area contributed by atoms with Gasteiger partial charge in [-0.2, -0.15) is 0 Å². The third kappa shape index (κ3) is 1.40. The molecule has 0 spiro atoms. The van der Waals surface area contributed by atoms with E-state index in [1.54, 1.807) is 0 Å². The lowest BCUT2D eigenvalue weighted by atomic mass is 9.85. The van der Waals surface area contributed by atoms with Crippen LogP contribution < -0.4 is 0 Å². The summed E-state index contributed by atoms with van der Waals surface area (Å²) < 4.78 is 0.